The number of benzene rings is 1. The van der Waals surface area contributed by atoms with Gasteiger partial charge in [-0.25, -0.2) is 0 Å². The summed E-state index contributed by atoms with van der Waals surface area (Å²) in [6.45, 7) is 7.92. The Hall–Kier alpha value is -1.53. The molecule has 0 saturated carbocycles. The van der Waals surface area contributed by atoms with E-state index in [1.54, 1.807) is 7.11 Å². The SMILES string of the molecule is CCC1(C)CCN(Cc2ccc(OC)c(C#N)c2)CC1. The lowest BCUT2D eigenvalue weighted by molar-refractivity contribution is 0.109. The number of nitrogens with zero attached hydrogens (tertiary/aromatic N) is 2. The summed E-state index contributed by atoms with van der Waals surface area (Å²) in [6.07, 6.45) is 3.80. The summed E-state index contributed by atoms with van der Waals surface area (Å²) in [6, 6.07) is 8.11. The van der Waals surface area contributed by atoms with E-state index in [4.69, 9.17) is 10.00 Å². The molecule has 20 heavy (non-hydrogen) atoms. The molecule has 0 atom stereocenters. The van der Waals surface area contributed by atoms with Crippen LogP contribution in [0.4, 0.5) is 0 Å². The average molecular weight is 272 g/mol. The van der Waals surface area contributed by atoms with E-state index in [1.165, 1.54) is 24.8 Å². The number of methoxy groups -OCH3 is 1. The summed E-state index contributed by atoms with van der Waals surface area (Å²) < 4.78 is 5.19. The van der Waals surface area contributed by atoms with Crippen LogP contribution in [0.15, 0.2) is 18.2 Å². The molecule has 0 radical (unpaired) electrons. The molecule has 2 rings (SSSR count). The second-order valence-electron chi connectivity index (χ2n) is 6.09. The summed E-state index contributed by atoms with van der Waals surface area (Å²) in [5.74, 6) is 0.661. The Kier molecular flexibility index (Phi) is 4.67. The molecule has 0 unspecified atom stereocenters. The van der Waals surface area contributed by atoms with Crippen LogP contribution in [0.3, 0.4) is 0 Å². The fourth-order valence-electron chi connectivity index (χ4n) is 2.80. The lowest BCUT2D eigenvalue weighted by Crippen LogP contribution is -2.37. The highest BCUT2D eigenvalue weighted by Gasteiger charge is 2.28. The molecule has 1 heterocycles. The van der Waals surface area contributed by atoms with Crippen LogP contribution in [-0.4, -0.2) is 25.1 Å². The van der Waals surface area contributed by atoms with Gasteiger partial charge in [0.15, 0.2) is 0 Å². The average Bonchev–Trinajstić information content (AvgIpc) is 2.49. The minimum absolute atomic E-state index is 0.522. The molecule has 108 valence electrons. The van der Waals surface area contributed by atoms with Crippen LogP contribution < -0.4 is 4.74 Å². The third-order valence-electron chi connectivity index (χ3n) is 4.71. The molecule has 0 aliphatic carbocycles. The van der Waals surface area contributed by atoms with Crippen LogP contribution in [0.25, 0.3) is 0 Å². The van der Waals surface area contributed by atoms with Crippen molar-refractivity contribution >= 4 is 0 Å². The quantitative estimate of drug-likeness (QED) is 0.840. The van der Waals surface area contributed by atoms with Crippen LogP contribution in [-0.2, 0) is 6.54 Å². The molecule has 3 heteroatoms. The lowest BCUT2D eigenvalue weighted by Gasteiger charge is -2.39. The Bertz CT molecular complexity index is 496. The van der Waals surface area contributed by atoms with Crippen molar-refractivity contribution in [3.8, 4) is 11.8 Å². The van der Waals surface area contributed by atoms with E-state index in [9.17, 15) is 0 Å². The van der Waals surface area contributed by atoms with Gasteiger partial charge in [-0.15, -0.1) is 0 Å². The standard InChI is InChI=1S/C17H24N2O/c1-4-17(2)7-9-19(10-8-17)13-14-5-6-16(20-3)15(11-14)12-18/h5-6,11H,4,7-10,13H2,1-3H3. The largest absolute Gasteiger partial charge is 0.495 e. The van der Waals surface area contributed by atoms with E-state index < -0.39 is 0 Å². The van der Waals surface area contributed by atoms with Crippen molar-refractivity contribution in [1.29, 1.82) is 5.26 Å². The Balaban J connectivity index is 2.00. The zero-order chi connectivity index (χ0) is 14.6. The lowest BCUT2D eigenvalue weighted by atomic mass is 9.78. The normalized spacial score (nSPS) is 18.5. The van der Waals surface area contributed by atoms with Gasteiger partial charge in [0.25, 0.3) is 0 Å². The van der Waals surface area contributed by atoms with Crippen molar-refractivity contribution in [3.05, 3.63) is 29.3 Å². The van der Waals surface area contributed by atoms with Crippen LogP contribution >= 0.6 is 0 Å². The smallest absolute Gasteiger partial charge is 0.136 e. The molecule has 1 fully saturated rings. The van der Waals surface area contributed by atoms with Crippen molar-refractivity contribution in [2.45, 2.75) is 39.7 Å². The van der Waals surface area contributed by atoms with Crippen molar-refractivity contribution in [1.82, 2.24) is 4.90 Å². The number of hydrogen-bond acceptors (Lipinski definition) is 3. The molecular formula is C17H24N2O. The fourth-order valence-corrected chi connectivity index (χ4v) is 2.80. The number of ether oxygens (including phenoxy) is 1. The van der Waals surface area contributed by atoms with Crippen LogP contribution in [0, 0.1) is 16.7 Å². The van der Waals surface area contributed by atoms with Crippen LogP contribution in [0.5, 0.6) is 5.75 Å². The molecule has 0 amide bonds. The molecular weight excluding hydrogens is 248 g/mol. The molecule has 0 spiro atoms. The van der Waals surface area contributed by atoms with Crippen LogP contribution in [0.1, 0.15) is 44.2 Å². The molecule has 3 nitrogen and oxygen atoms in total. The van der Waals surface area contributed by atoms with E-state index in [1.807, 2.05) is 12.1 Å². The van der Waals surface area contributed by atoms with E-state index in [2.05, 4.69) is 30.9 Å². The minimum atomic E-state index is 0.522. The molecule has 1 aromatic carbocycles. The Morgan fingerprint density at radius 3 is 2.60 bits per heavy atom. The second-order valence-corrected chi connectivity index (χ2v) is 6.09. The number of nitriles is 1. The molecule has 1 saturated heterocycles. The van der Waals surface area contributed by atoms with E-state index in [0.29, 0.717) is 16.7 Å². The Labute approximate surface area is 122 Å². The first kappa shape index (κ1) is 14.9. The van der Waals surface area contributed by atoms with Gasteiger partial charge in [-0.2, -0.15) is 5.26 Å². The predicted molar refractivity (Wildman–Crippen MR) is 80.6 cm³/mol. The molecule has 0 N–H and O–H groups in total. The second kappa shape index (κ2) is 6.28. The zero-order valence-electron chi connectivity index (χ0n) is 12.8. The maximum atomic E-state index is 9.14. The van der Waals surface area contributed by atoms with Crippen molar-refractivity contribution in [3.63, 3.8) is 0 Å². The summed E-state index contributed by atoms with van der Waals surface area (Å²) >= 11 is 0. The molecule has 1 aliphatic heterocycles. The molecule has 0 aromatic heterocycles. The van der Waals surface area contributed by atoms with Gasteiger partial charge in [0.2, 0.25) is 0 Å². The minimum Gasteiger partial charge on any atom is -0.495 e. The van der Waals surface area contributed by atoms with Crippen molar-refractivity contribution in [2.24, 2.45) is 5.41 Å². The van der Waals surface area contributed by atoms with Gasteiger partial charge in [0.1, 0.15) is 11.8 Å². The highest BCUT2D eigenvalue weighted by Crippen LogP contribution is 2.34. The zero-order valence-corrected chi connectivity index (χ0v) is 12.8. The topological polar surface area (TPSA) is 36.3 Å². The maximum Gasteiger partial charge on any atom is 0.136 e. The summed E-state index contributed by atoms with van der Waals surface area (Å²) in [4.78, 5) is 2.49. The molecule has 1 aromatic rings. The number of rotatable bonds is 4. The number of hydrogen-bond donors (Lipinski definition) is 0. The van der Waals surface area contributed by atoms with Crippen molar-refractivity contribution < 1.29 is 4.74 Å². The summed E-state index contributed by atoms with van der Waals surface area (Å²) in [7, 11) is 1.60. The maximum absolute atomic E-state index is 9.14. The van der Waals surface area contributed by atoms with Gasteiger partial charge in [0, 0.05) is 6.54 Å². The van der Waals surface area contributed by atoms with Gasteiger partial charge in [-0.3, -0.25) is 4.90 Å². The van der Waals surface area contributed by atoms with E-state index in [0.717, 1.165) is 19.6 Å². The third-order valence-corrected chi connectivity index (χ3v) is 4.71. The first-order valence-corrected chi connectivity index (χ1v) is 7.39. The first-order chi connectivity index (χ1) is 9.60. The van der Waals surface area contributed by atoms with Gasteiger partial charge in [-0.1, -0.05) is 26.3 Å². The fraction of sp³-hybridized carbons (Fsp3) is 0.588. The molecule has 1 aliphatic rings. The Morgan fingerprint density at radius 2 is 2.05 bits per heavy atom. The number of likely N-dealkylation sites (tertiary alicyclic amines) is 1. The monoisotopic (exact) mass is 272 g/mol. The Morgan fingerprint density at radius 1 is 1.35 bits per heavy atom. The third kappa shape index (κ3) is 3.32. The highest BCUT2D eigenvalue weighted by molar-refractivity contribution is 5.45. The molecule has 0 bridgehead atoms. The number of piperidine rings is 1. The van der Waals surface area contributed by atoms with E-state index >= 15 is 0 Å². The van der Waals surface area contributed by atoms with Crippen LogP contribution in [0.2, 0.25) is 0 Å². The highest BCUT2D eigenvalue weighted by atomic mass is 16.5. The van der Waals surface area contributed by atoms with Gasteiger partial charge in [0.05, 0.1) is 12.7 Å². The van der Waals surface area contributed by atoms with Gasteiger partial charge in [-0.05, 0) is 49.0 Å². The summed E-state index contributed by atoms with van der Waals surface area (Å²) in [5, 5.41) is 9.14. The first-order valence-electron chi connectivity index (χ1n) is 7.39. The van der Waals surface area contributed by atoms with Crippen molar-refractivity contribution in [2.75, 3.05) is 20.2 Å². The predicted octanol–water partition coefficient (Wildman–Crippen LogP) is 3.58. The summed E-state index contributed by atoms with van der Waals surface area (Å²) in [5.41, 5.74) is 2.34. The van der Waals surface area contributed by atoms with Gasteiger partial charge >= 0.3 is 0 Å². The van der Waals surface area contributed by atoms with Gasteiger partial charge < -0.3 is 4.74 Å². The van der Waals surface area contributed by atoms with E-state index in [-0.39, 0.29) is 0 Å².